The summed E-state index contributed by atoms with van der Waals surface area (Å²) in [6.45, 7) is 35.2. The molecule has 25 N–H and O–H groups in total. The minimum atomic E-state index is -1.78. The number of hydrogen-bond acceptors (Lipinski definition) is 31. The van der Waals surface area contributed by atoms with Crippen LogP contribution in [0.25, 0.3) is 0 Å². The zero-order chi connectivity index (χ0) is 94.2. The number of nitrogens with two attached hydrogens (primary N) is 1. The summed E-state index contributed by atoms with van der Waals surface area (Å²) in [6.07, 6.45) is -12.7. The van der Waals surface area contributed by atoms with Gasteiger partial charge >= 0.3 is 11.9 Å². The maximum absolute atomic E-state index is 12.5. The molecule has 5 aliphatic rings. The molecule has 0 aromatic heterocycles. The molecule has 5 saturated heterocycles. The van der Waals surface area contributed by atoms with Gasteiger partial charge in [-0.2, -0.15) is 0 Å². The normalized spacial score (nSPS) is 31.5. The van der Waals surface area contributed by atoms with Crippen molar-refractivity contribution in [2.24, 2.45) is 47.2 Å². The van der Waals surface area contributed by atoms with E-state index in [-0.39, 0.29) is 110 Å². The highest BCUT2D eigenvalue weighted by atomic mass is 16.6. The molecule has 7 amide bonds. The quantitative estimate of drug-likeness (QED) is 0.0319. The largest absolute Gasteiger partial charge is 0.479 e. The fraction of sp³-hybridized carbons (Fsp3) is 0.863. The molecule has 5 rings (SSSR count). The molecule has 0 aromatic carbocycles. The number of hydrogen-bond donors (Lipinski definition) is 24. The zero-order valence-corrected chi connectivity index (χ0v) is 75.2. The van der Waals surface area contributed by atoms with Crippen LogP contribution >= 0.6 is 0 Å². The Labute approximate surface area is 707 Å². The Balaban J connectivity index is -0.00000139. The number of aliphatic hydroxyl groups is 12. The number of rotatable bonds is 29. The minimum absolute atomic E-state index is 0.0210. The lowest BCUT2D eigenvalue weighted by Crippen LogP contribution is -2.67. The Kier molecular flexibility index (Phi) is 55.6. The van der Waals surface area contributed by atoms with E-state index in [2.05, 4.69) is 95.1 Å². The number of carboxylic acids is 2. The van der Waals surface area contributed by atoms with Crippen molar-refractivity contribution in [3.63, 3.8) is 0 Å². The lowest BCUT2D eigenvalue weighted by atomic mass is 9.75. The Bertz CT molecular complexity index is 2990. The molecule has 704 valence electrons. The summed E-state index contributed by atoms with van der Waals surface area (Å²) in [4.78, 5) is 124. The third kappa shape index (κ3) is 38.9. The van der Waals surface area contributed by atoms with Crippen LogP contribution in [0, 0.1) is 41.4 Å². The molecule has 25 unspecified atom stereocenters. The van der Waals surface area contributed by atoms with Gasteiger partial charge in [0.25, 0.3) is 11.8 Å². The van der Waals surface area contributed by atoms with Crippen LogP contribution < -0.4 is 53.6 Å². The van der Waals surface area contributed by atoms with Gasteiger partial charge in [-0.3, -0.25) is 33.6 Å². The summed E-state index contributed by atoms with van der Waals surface area (Å²) < 4.78 is 28.9. The number of carbonyl (C=O) groups is 11. The molecule has 0 saturated carbocycles. The monoisotopic (exact) mass is 1740 g/mol. The standard InChI is InChI=1S/C18H32N2O4.C16H30N2O7.C16H29NO4.C12H21NO8.C12H23NO6.C2H5NO.2C2H7N/c1-7-11(2)13(4)16-15(20-14(5)22)12(3)10-18(6,24-16)17(23)19-8-9-21;1-8(2)6-17-15(24)16(4)5-10(21)12(18-9(3)20)14(25-16)13(23)11(22)7-19;1-7-9(2)11(4)14-13(17-12(5)18)10(3)8-16(6,21-14)15(19)20;1-5(15)13-8-6(16)3-12(2,11(19)20)21-10(8)9(18)7(17)4-14;1-6(15)13-9-7(16)4-12(2,3)19-11(9)10(18)8(17)5-14;3-1-2-4;2*1-3-2/h9,11-13,15-16H,7-8,10H2,1-6H3,(H,19,23)(H,20,22);8,10-14,19,21-23H,5-7H2,1-4H3,(H,17,24)(H,18,20);9-11,13-14H,7-8H2,1-6H3,(H,17,18)(H,19,20);6-10,14,16-18H,3-4H2,1-2H3,(H,13,15)(H,19,20);7-11,14,16-18H,4-5H2,1-3H3,(H,13,15);2H,1,3H2;2*3H,1-2H3/t11-,12?,13-,15?,16?,18?;;9-,10?,11-,13?,14?,16?;;;;;/m1.1...../s1. The Morgan fingerprint density at radius 2 is 0.683 bits per heavy atom. The summed E-state index contributed by atoms with van der Waals surface area (Å²) in [6, 6.07) is -3.23. The molecule has 5 fully saturated rings. The van der Waals surface area contributed by atoms with Crippen LogP contribution in [0.15, 0.2) is 0 Å². The SMILES string of the molecule is CC(=O)NC1C(O)CC(C)(C(=O)NCC(C)C)OC1C(O)C(O)CO.CC(=O)NC1C(O)CC(C)(C(=O)O)OC1C(O)C(O)CO.CC(=O)NC1C(O)CC(C)(C)OC1C(O)C(O)CO.CC[C@@H](C)[C@@H](C)C1OC(C)(C(=O)NCC=O)CC(C)C1NC(C)=O.CC[C@@H](C)[C@@H](C)C1OC(C)(C(=O)O)CC(C)C1NC(C)=O.CNC.CNC.NCC=O. The highest BCUT2D eigenvalue weighted by Crippen LogP contribution is 2.41. The van der Waals surface area contributed by atoms with Gasteiger partial charge in [-0.15, -0.1) is 0 Å². The average Bonchev–Trinajstić information content (AvgIpc) is 0.793. The highest BCUT2D eigenvalue weighted by molar-refractivity contribution is 5.87. The number of ether oxygens (including phenoxy) is 5. The van der Waals surface area contributed by atoms with Gasteiger partial charge in [0.05, 0.1) is 92.7 Å². The maximum atomic E-state index is 12.5. The molecular formula is C80H154N10O30. The van der Waals surface area contributed by atoms with Crippen molar-refractivity contribution < 1.29 is 148 Å². The lowest BCUT2D eigenvalue weighted by molar-refractivity contribution is -0.224. The van der Waals surface area contributed by atoms with Gasteiger partial charge in [0.1, 0.15) is 78.7 Å². The van der Waals surface area contributed by atoms with Crippen molar-refractivity contribution in [2.45, 2.75) is 334 Å². The first kappa shape index (κ1) is 118. The number of nitrogens with one attached hydrogen (secondary N) is 9. The second kappa shape index (κ2) is 56.6. The molecule has 40 nitrogen and oxygen atoms in total. The third-order valence-electron chi connectivity index (χ3n) is 21.3. The molecule has 0 aliphatic carbocycles. The van der Waals surface area contributed by atoms with E-state index in [0.29, 0.717) is 43.8 Å². The predicted molar refractivity (Wildman–Crippen MR) is 441 cm³/mol. The van der Waals surface area contributed by atoms with E-state index in [1.165, 1.54) is 48.5 Å². The van der Waals surface area contributed by atoms with Crippen LogP contribution in [0.4, 0.5) is 0 Å². The van der Waals surface area contributed by atoms with Crippen LogP contribution in [0.3, 0.4) is 0 Å². The fourth-order valence-electron chi connectivity index (χ4n) is 14.3. The minimum Gasteiger partial charge on any atom is -0.479 e. The molecule has 0 radical (unpaired) electrons. The topological polar surface area (TPSA) is 651 Å². The summed E-state index contributed by atoms with van der Waals surface area (Å²) in [5.41, 5.74) is -1.45. The number of amides is 7. The molecule has 29 atom stereocenters. The van der Waals surface area contributed by atoms with Crippen molar-refractivity contribution in [1.82, 2.24) is 47.9 Å². The van der Waals surface area contributed by atoms with E-state index in [0.717, 1.165) is 12.8 Å². The molecular weight excluding hydrogens is 1580 g/mol. The highest BCUT2D eigenvalue weighted by Gasteiger charge is 2.56. The molecule has 0 aromatic rings. The Morgan fingerprint density at radius 1 is 0.425 bits per heavy atom. The van der Waals surface area contributed by atoms with Crippen LogP contribution in [-0.2, 0) is 76.4 Å². The van der Waals surface area contributed by atoms with E-state index in [1.54, 1.807) is 27.7 Å². The van der Waals surface area contributed by atoms with Gasteiger partial charge in [0.15, 0.2) is 11.2 Å². The smallest absolute Gasteiger partial charge is 0.335 e. The van der Waals surface area contributed by atoms with Crippen molar-refractivity contribution in [1.29, 1.82) is 0 Å². The van der Waals surface area contributed by atoms with Crippen LogP contribution in [0.2, 0.25) is 0 Å². The lowest BCUT2D eigenvalue weighted by Gasteiger charge is -2.48. The number of aliphatic carboxylic acids is 2. The van der Waals surface area contributed by atoms with Crippen molar-refractivity contribution in [3.8, 4) is 0 Å². The van der Waals surface area contributed by atoms with Gasteiger partial charge in [0.2, 0.25) is 29.5 Å². The zero-order valence-electron chi connectivity index (χ0n) is 75.2. The Morgan fingerprint density at radius 3 is 0.975 bits per heavy atom. The van der Waals surface area contributed by atoms with Gasteiger partial charge in [0, 0.05) is 67.0 Å². The third-order valence-corrected chi connectivity index (χ3v) is 21.3. The molecule has 40 heteroatoms. The van der Waals surface area contributed by atoms with Crippen LogP contribution in [0.5, 0.6) is 0 Å². The first-order chi connectivity index (χ1) is 55.3. The number of aliphatic hydroxyl groups excluding tert-OH is 12. The second-order valence-corrected chi connectivity index (χ2v) is 33.6. The van der Waals surface area contributed by atoms with Crippen molar-refractivity contribution in [3.05, 3.63) is 0 Å². The van der Waals surface area contributed by atoms with E-state index in [4.69, 9.17) is 48.9 Å². The number of carbonyl (C=O) groups excluding carboxylic acids is 9. The van der Waals surface area contributed by atoms with Gasteiger partial charge in [-0.1, -0.05) is 82.1 Å². The van der Waals surface area contributed by atoms with Crippen molar-refractivity contribution >= 4 is 65.9 Å². The molecule has 0 spiro atoms. The predicted octanol–water partition coefficient (Wildman–Crippen LogP) is -3.85. The van der Waals surface area contributed by atoms with Gasteiger partial charge in [-0.05, 0) is 124 Å². The average molecular weight is 1740 g/mol. The van der Waals surface area contributed by atoms with E-state index >= 15 is 0 Å². The van der Waals surface area contributed by atoms with Gasteiger partial charge in [-0.25, -0.2) is 9.59 Å². The molecule has 5 heterocycles. The van der Waals surface area contributed by atoms with Crippen LogP contribution in [0.1, 0.15) is 190 Å². The number of carboxylic acid groups (broad SMARTS) is 2. The van der Waals surface area contributed by atoms with Gasteiger partial charge < -0.3 is 158 Å². The summed E-state index contributed by atoms with van der Waals surface area (Å²) in [7, 11) is 7.50. The second-order valence-electron chi connectivity index (χ2n) is 33.6. The summed E-state index contributed by atoms with van der Waals surface area (Å²) in [5, 5.41) is 159. The molecule has 120 heavy (non-hydrogen) atoms. The summed E-state index contributed by atoms with van der Waals surface area (Å²) >= 11 is 0. The fourth-order valence-corrected chi connectivity index (χ4v) is 14.3. The first-order valence-corrected chi connectivity index (χ1v) is 40.8. The van der Waals surface area contributed by atoms with E-state index in [9.17, 15) is 99.0 Å². The Hall–Kier alpha value is -6.23. The maximum Gasteiger partial charge on any atom is 0.335 e. The first-order valence-electron chi connectivity index (χ1n) is 40.8. The van der Waals surface area contributed by atoms with Crippen LogP contribution in [-0.4, -0.2) is 349 Å². The number of aldehydes is 2. The van der Waals surface area contributed by atoms with E-state index < -0.39 is 169 Å². The molecule has 0 bridgehead atoms. The van der Waals surface area contributed by atoms with E-state index in [1.807, 2.05) is 55.9 Å². The van der Waals surface area contributed by atoms with Crippen molar-refractivity contribution in [2.75, 3.05) is 67.6 Å². The molecule has 5 aliphatic heterocycles. The summed E-state index contributed by atoms with van der Waals surface area (Å²) in [5.74, 6) is -3.04.